The van der Waals surface area contributed by atoms with E-state index in [1.54, 1.807) is 47.9 Å². The van der Waals surface area contributed by atoms with Crippen LogP contribution < -0.4 is 10.6 Å². The van der Waals surface area contributed by atoms with Crippen LogP contribution in [0.15, 0.2) is 66.9 Å². The number of pyridine rings is 1. The Hall–Kier alpha value is -3.29. The molecule has 0 saturated heterocycles. The first kappa shape index (κ1) is 21.0. The maximum absolute atomic E-state index is 12.1. The summed E-state index contributed by atoms with van der Waals surface area (Å²) in [4.78, 5) is 33.1. The zero-order chi connectivity index (χ0) is 21.6. The molecule has 2 aromatic heterocycles. The van der Waals surface area contributed by atoms with Gasteiger partial charge < -0.3 is 10.6 Å². The Morgan fingerprint density at radius 1 is 1.00 bits per heavy atom. The standard InChI is InChI=1S/C23H19ClN4O2S/c24-17-10-7-15(8-11-17)22(30)25-13-3-6-21(29)28-20-12-9-16(14-26-20)23-27-18-4-1-2-5-19(18)31-23/h1-2,4-5,7-12,14H,3,6,13H2,(H,25,30)(H,26,28,29). The third-order valence-electron chi connectivity index (χ3n) is 4.54. The molecule has 4 rings (SSSR count). The van der Waals surface area contributed by atoms with Crippen molar-refractivity contribution in [2.24, 2.45) is 0 Å². The SMILES string of the molecule is O=C(CCCNC(=O)c1ccc(Cl)cc1)Nc1ccc(-c2nc3ccccc3s2)cn1. The van der Waals surface area contributed by atoms with E-state index in [4.69, 9.17) is 11.6 Å². The molecule has 0 fully saturated rings. The van der Waals surface area contributed by atoms with Crippen molar-refractivity contribution in [2.75, 3.05) is 11.9 Å². The van der Waals surface area contributed by atoms with Gasteiger partial charge in [0.1, 0.15) is 10.8 Å². The number of hydrogen-bond acceptors (Lipinski definition) is 5. The Kier molecular flexibility index (Phi) is 6.54. The normalized spacial score (nSPS) is 10.7. The number of rotatable bonds is 7. The molecule has 0 aliphatic rings. The molecule has 0 saturated carbocycles. The molecular formula is C23H19ClN4O2S. The lowest BCUT2D eigenvalue weighted by atomic mass is 10.2. The summed E-state index contributed by atoms with van der Waals surface area (Å²) in [5.41, 5.74) is 2.40. The zero-order valence-electron chi connectivity index (χ0n) is 16.5. The predicted molar refractivity (Wildman–Crippen MR) is 124 cm³/mol. The number of para-hydroxylation sites is 1. The molecular weight excluding hydrogens is 432 g/mol. The monoisotopic (exact) mass is 450 g/mol. The van der Waals surface area contributed by atoms with Gasteiger partial charge in [0.2, 0.25) is 5.91 Å². The van der Waals surface area contributed by atoms with Crippen LogP contribution in [-0.4, -0.2) is 28.3 Å². The van der Waals surface area contributed by atoms with Gasteiger partial charge in [-0.15, -0.1) is 11.3 Å². The maximum Gasteiger partial charge on any atom is 0.251 e. The molecule has 0 aliphatic heterocycles. The van der Waals surface area contributed by atoms with Gasteiger partial charge in [0.25, 0.3) is 5.91 Å². The van der Waals surface area contributed by atoms with Crippen LogP contribution in [0.5, 0.6) is 0 Å². The van der Waals surface area contributed by atoms with Gasteiger partial charge in [-0.1, -0.05) is 23.7 Å². The quantitative estimate of drug-likeness (QED) is 0.381. The second-order valence-corrected chi connectivity index (χ2v) is 8.30. The third kappa shape index (κ3) is 5.45. The number of carbonyl (C=O) groups is 2. The van der Waals surface area contributed by atoms with Crippen LogP contribution in [0.25, 0.3) is 20.8 Å². The Bertz CT molecular complexity index is 1170. The zero-order valence-corrected chi connectivity index (χ0v) is 18.0. The second-order valence-electron chi connectivity index (χ2n) is 6.83. The fourth-order valence-corrected chi connectivity index (χ4v) is 4.03. The average Bonchev–Trinajstić information content (AvgIpc) is 3.22. The Balaban J connectivity index is 1.24. The van der Waals surface area contributed by atoms with Crippen LogP contribution in [0.2, 0.25) is 5.02 Å². The molecule has 31 heavy (non-hydrogen) atoms. The molecule has 8 heteroatoms. The van der Waals surface area contributed by atoms with Crippen molar-refractivity contribution in [3.05, 3.63) is 77.4 Å². The van der Waals surface area contributed by atoms with E-state index in [9.17, 15) is 9.59 Å². The number of thiazole rings is 1. The highest BCUT2D eigenvalue weighted by molar-refractivity contribution is 7.21. The van der Waals surface area contributed by atoms with Crippen molar-refractivity contribution < 1.29 is 9.59 Å². The van der Waals surface area contributed by atoms with E-state index in [0.29, 0.717) is 29.4 Å². The van der Waals surface area contributed by atoms with E-state index < -0.39 is 0 Å². The predicted octanol–water partition coefficient (Wildman–Crippen LogP) is 5.16. The molecule has 2 N–H and O–H groups in total. The van der Waals surface area contributed by atoms with Crippen molar-refractivity contribution in [1.82, 2.24) is 15.3 Å². The molecule has 2 heterocycles. The molecule has 156 valence electrons. The van der Waals surface area contributed by atoms with Gasteiger partial charge in [-0.25, -0.2) is 9.97 Å². The molecule has 2 amide bonds. The number of fused-ring (bicyclic) bond motifs is 1. The van der Waals surface area contributed by atoms with Crippen LogP contribution in [0.4, 0.5) is 5.82 Å². The van der Waals surface area contributed by atoms with Gasteiger partial charge in [0.15, 0.2) is 0 Å². The maximum atomic E-state index is 12.1. The number of benzene rings is 2. The molecule has 0 unspecified atom stereocenters. The topological polar surface area (TPSA) is 84.0 Å². The number of nitrogens with zero attached hydrogens (tertiary/aromatic N) is 2. The Morgan fingerprint density at radius 3 is 2.55 bits per heavy atom. The molecule has 2 aromatic carbocycles. The Morgan fingerprint density at radius 2 is 1.81 bits per heavy atom. The van der Waals surface area contributed by atoms with Crippen molar-refractivity contribution in [3.8, 4) is 10.6 Å². The molecule has 0 radical (unpaired) electrons. The summed E-state index contributed by atoms with van der Waals surface area (Å²) >= 11 is 7.42. The van der Waals surface area contributed by atoms with Crippen LogP contribution in [0, 0.1) is 0 Å². The van der Waals surface area contributed by atoms with Crippen molar-refractivity contribution in [3.63, 3.8) is 0 Å². The molecule has 0 aliphatic carbocycles. The largest absolute Gasteiger partial charge is 0.352 e. The summed E-state index contributed by atoms with van der Waals surface area (Å²) in [6.07, 6.45) is 2.51. The number of hydrogen-bond donors (Lipinski definition) is 2. The molecule has 6 nitrogen and oxygen atoms in total. The van der Waals surface area contributed by atoms with E-state index in [1.807, 2.05) is 30.3 Å². The lowest BCUT2D eigenvalue weighted by Gasteiger charge is -2.07. The van der Waals surface area contributed by atoms with Crippen molar-refractivity contribution in [2.45, 2.75) is 12.8 Å². The summed E-state index contributed by atoms with van der Waals surface area (Å²) < 4.78 is 1.12. The highest BCUT2D eigenvalue weighted by Gasteiger charge is 2.09. The lowest BCUT2D eigenvalue weighted by Crippen LogP contribution is -2.25. The molecule has 0 atom stereocenters. The number of amides is 2. The first-order valence-electron chi connectivity index (χ1n) is 9.74. The van der Waals surface area contributed by atoms with E-state index in [-0.39, 0.29) is 18.2 Å². The fourth-order valence-electron chi connectivity index (χ4n) is 2.95. The van der Waals surface area contributed by atoms with Gasteiger partial charge in [-0.3, -0.25) is 9.59 Å². The van der Waals surface area contributed by atoms with Crippen LogP contribution in [0.1, 0.15) is 23.2 Å². The number of halogens is 1. The summed E-state index contributed by atoms with van der Waals surface area (Å²) in [6.45, 7) is 0.402. The number of carbonyl (C=O) groups excluding carboxylic acids is 2. The van der Waals surface area contributed by atoms with Gasteiger partial charge in [0.05, 0.1) is 10.2 Å². The molecule has 0 bridgehead atoms. The summed E-state index contributed by atoms with van der Waals surface area (Å²) in [6, 6.07) is 18.3. The van der Waals surface area contributed by atoms with E-state index >= 15 is 0 Å². The second kappa shape index (κ2) is 9.68. The smallest absolute Gasteiger partial charge is 0.251 e. The summed E-state index contributed by atoms with van der Waals surface area (Å²) in [5, 5.41) is 7.04. The van der Waals surface area contributed by atoms with E-state index in [2.05, 4.69) is 20.6 Å². The fraction of sp³-hybridized carbons (Fsp3) is 0.130. The average molecular weight is 451 g/mol. The minimum absolute atomic E-state index is 0.152. The van der Waals surface area contributed by atoms with Crippen LogP contribution in [0.3, 0.4) is 0 Å². The first-order chi connectivity index (χ1) is 15.1. The van der Waals surface area contributed by atoms with Gasteiger partial charge >= 0.3 is 0 Å². The van der Waals surface area contributed by atoms with E-state index in [1.165, 1.54) is 0 Å². The summed E-state index contributed by atoms with van der Waals surface area (Å²) in [7, 11) is 0. The molecule has 0 spiro atoms. The minimum Gasteiger partial charge on any atom is -0.352 e. The number of nitrogens with one attached hydrogen (secondary N) is 2. The first-order valence-corrected chi connectivity index (χ1v) is 10.9. The highest BCUT2D eigenvalue weighted by Crippen LogP contribution is 2.29. The van der Waals surface area contributed by atoms with Gasteiger partial charge in [-0.05, 0) is 55.0 Å². The summed E-state index contributed by atoms with van der Waals surface area (Å²) in [5.74, 6) is 0.144. The van der Waals surface area contributed by atoms with Gasteiger partial charge in [-0.2, -0.15) is 0 Å². The van der Waals surface area contributed by atoms with E-state index in [0.717, 1.165) is 20.8 Å². The Labute approximate surface area is 188 Å². The minimum atomic E-state index is -0.191. The van der Waals surface area contributed by atoms with Crippen molar-refractivity contribution in [1.29, 1.82) is 0 Å². The van der Waals surface area contributed by atoms with Crippen molar-refractivity contribution >= 4 is 50.8 Å². The van der Waals surface area contributed by atoms with Crippen LogP contribution in [-0.2, 0) is 4.79 Å². The number of aromatic nitrogens is 2. The van der Waals surface area contributed by atoms with Crippen LogP contribution >= 0.6 is 22.9 Å². The number of anilines is 1. The van der Waals surface area contributed by atoms with Gasteiger partial charge in [0, 0.05) is 35.3 Å². The molecule has 4 aromatic rings. The highest BCUT2D eigenvalue weighted by atomic mass is 35.5. The third-order valence-corrected chi connectivity index (χ3v) is 5.88. The lowest BCUT2D eigenvalue weighted by molar-refractivity contribution is -0.116.